The molecule has 0 aromatic heterocycles. The molecule has 1 rings (SSSR count). The second-order valence-electron chi connectivity index (χ2n) is 2.87. The van der Waals surface area contributed by atoms with Crippen molar-refractivity contribution in [3.63, 3.8) is 0 Å². The lowest BCUT2D eigenvalue weighted by Gasteiger charge is -2.10. The highest BCUT2D eigenvalue weighted by Crippen LogP contribution is 2.44. The summed E-state index contributed by atoms with van der Waals surface area (Å²) in [6.07, 6.45) is 0. The van der Waals surface area contributed by atoms with Crippen LogP contribution in [0.1, 0.15) is 17.3 Å². The smallest absolute Gasteiger partial charge is 0.339 e. The molecule has 0 aliphatic rings. The van der Waals surface area contributed by atoms with Gasteiger partial charge >= 0.3 is 11.9 Å². The molecule has 0 aliphatic heterocycles. The Hall–Kier alpha value is -2.44. The van der Waals surface area contributed by atoms with Gasteiger partial charge in [-0.15, -0.1) is 0 Å². The highest BCUT2D eigenvalue weighted by atomic mass is 16.5. The Balaban J connectivity index is 3.47. The molecule has 0 amide bonds. The molecule has 0 radical (unpaired) electrons. The van der Waals surface area contributed by atoms with Gasteiger partial charge < -0.3 is 25.2 Å². The number of rotatable bonds is 2. The fourth-order valence-corrected chi connectivity index (χ4v) is 1.03. The number of hydrogen-bond donors (Lipinski definition) is 4. The van der Waals surface area contributed by atoms with Gasteiger partial charge in [0.1, 0.15) is 5.56 Å². The Morgan fingerprint density at radius 1 is 1.19 bits per heavy atom. The van der Waals surface area contributed by atoms with Crippen LogP contribution in [0.3, 0.4) is 0 Å². The number of esters is 1. The third-order valence-corrected chi connectivity index (χ3v) is 1.68. The number of aromatic hydroxyl groups is 3. The molecule has 0 saturated carbocycles. The van der Waals surface area contributed by atoms with Crippen molar-refractivity contribution in [2.24, 2.45) is 0 Å². The van der Waals surface area contributed by atoms with Crippen LogP contribution in [-0.4, -0.2) is 32.4 Å². The minimum Gasteiger partial charge on any atom is -0.504 e. The van der Waals surface area contributed by atoms with Crippen LogP contribution in [0.5, 0.6) is 23.0 Å². The normalized spacial score (nSPS) is 9.81. The second-order valence-corrected chi connectivity index (χ2v) is 2.87. The summed E-state index contributed by atoms with van der Waals surface area (Å²) >= 11 is 0. The number of carboxylic acids is 1. The average Bonchev–Trinajstić information content (AvgIpc) is 2.17. The van der Waals surface area contributed by atoms with E-state index in [1.54, 1.807) is 0 Å². The minimum atomic E-state index is -1.53. The maximum atomic E-state index is 10.7. The predicted octanol–water partition coefficient (Wildman–Crippen LogP) is 0.427. The molecular weight excluding hydrogens is 220 g/mol. The van der Waals surface area contributed by atoms with E-state index in [2.05, 4.69) is 4.74 Å². The van der Waals surface area contributed by atoms with Crippen molar-refractivity contribution in [3.8, 4) is 23.0 Å². The van der Waals surface area contributed by atoms with Gasteiger partial charge in [-0.3, -0.25) is 4.79 Å². The van der Waals surface area contributed by atoms with Gasteiger partial charge in [0.05, 0.1) is 0 Å². The van der Waals surface area contributed by atoms with Gasteiger partial charge in [0, 0.05) is 13.0 Å². The molecule has 0 spiro atoms. The number of aromatic carboxylic acids is 1. The molecule has 16 heavy (non-hydrogen) atoms. The SMILES string of the molecule is CC(=O)Oc1c(C(=O)O)cc(O)c(O)c1O. The van der Waals surface area contributed by atoms with Gasteiger partial charge in [-0.25, -0.2) is 4.79 Å². The molecule has 0 saturated heterocycles. The Morgan fingerprint density at radius 3 is 2.19 bits per heavy atom. The topological polar surface area (TPSA) is 124 Å². The lowest BCUT2D eigenvalue weighted by atomic mass is 10.1. The fraction of sp³-hybridized carbons (Fsp3) is 0.111. The first-order chi connectivity index (χ1) is 7.34. The first-order valence-electron chi connectivity index (χ1n) is 4.04. The molecule has 0 heterocycles. The molecule has 7 nitrogen and oxygen atoms in total. The molecule has 86 valence electrons. The predicted molar refractivity (Wildman–Crippen MR) is 49.7 cm³/mol. The van der Waals surface area contributed by atoms with Crippen LogP contribution in [-0.2, 0) is 4.79 Å². The molecule has 0 aliphatic carbocycles. The molecule has 0 atom stereocenters. The van der Waals surface area contributed by atoms with Gasteiger partial charge in [-0.2, -0.15) is 0 Å². The average molecular weight is 228 g/mol. The first kappa shape index (κ1) is 11.6. The first-order valence-corrected chi connectivity index (χ1v) is 4.04. The van der Waals surface area contributed by atoms with Crippen LogP contribution in [0.25, 0.3) is 0 Å². The van der Waals surface area contributed by atoms with Crippen LogP contribution in [0, 0.1) is 0 Å². The van der Waals surface area contributed by atoms with Crippen LogP contribution >= 0.6 is 0 Å². The number of benzene rings is 1. The molecule has 0 bridgehead atoms. The molecule has 0 fully saturated rings. The summed E-state index contributed by atoms with van der Waals surface area (Å²) in [6.45, 7) is 0.995. The van der Waals surface area contributed by atoms with E-state index >= 15 is 0 Å². The van der Waals surface area contributed by atoms with Crippen molar-refractivity contribution in [1.82, 2.24) is 0 Å². The molecular formula is C9H8O7. The van der Waals surface area contributed by atoms with Crippen molar-refractivity contribution in [2.45, 2.75) is 6.92 Å². The van der Waals surface area contributed by atoms with Gasteiger partial charge in [0.2, 0.25) is 11.5 Å². The summed E-state index contributed by atoms with van der Waals surface area (Å²) in [4.78, 5) is 21.4. The summed E-state index contributed by atoms with van der Waals surface area (Å²) in [6, 6.07) is 0.662. The summed E-state index contributed by atoms with van der Waals surface area (Å²) in [5, 5.41) is 36.2. The van der Waals surface area contributed by atoms with E-state index in [0.717, 1.165) is 6.92 Å². The van der Waals surface area contributed by atoms with Crippen molar-refractivity contribution in [1.29, 1.82) is 0 Å². The summed E-state index contributed by atoms with van der Waals surface area (Å²) in [5.74, 6) is -5.90. The zero-order chi connectivity index (χ0) is 12.5. The third-order valence-electron chi connectivity index (χ3n) is 1.68. The third kappa shape index (κ3) is 1.97. The van der Waals surface area contributed by atoms with Crippen LogP contribution in [0.15, 0.2) is 6.07 Å². The van der Waals surface area contributed by atoms with Crippen LogP contribution in [0.4, 0.5) is 0 Å². The van der Waals surface area contributed by atoms with Crippen LogP contribution < -0.4 is 4.74 Å². The molecule has 1 aromatic rings. The highest BCUT2D eigenvalue weighted by molar-refractivity contribution is 5.94. The zero-order valence-corrected chi connectivity index (χ0v) is 8.09. The summed E-state index contributed by atoms with van der Waals surface area (Å²) in [7, 11) is 0. The molecule has 4 N–H and O–H groups in total. The number of hydrogen-bond acceptors (Lipinski definition) is 6. The minimum absolute atomic E-state index is 0.636. The van der Waals surface area contributed by atoms with E-state index in [0.29, 0.717) is 6.07 Å². The van der Waals surface area contributed by atoms with Gasteiger partial charge in [0.15, 0.2) is 11.5 Å². The molecule has 0 unspecified atom stereocenters. The van der Waals surface area contributed by atoms with Crippen molar-refractivity contribution >= 4 is 11.9 Å². The van der Waals surface area contributed by atoms with Crippen LogP contribution in [0.2, 0.25) is 0 Å². The molecule has 7 heteroatoms. The molecule has 1 aromatic carbocycles. The number of carbonyl (C=O) groups excluding carboxylic acids is 1. The number of ether oxygens (including phenoxy) is 1. The fourth-order valence-electron chi connectivity index (χ4n) is 1.03. The standard InChI is InChI=1S/C9H8O7/c1-3(10)16-8-4(9(14)15)2-5(11)6(12)7(8)13/h2,11-13H,1H3,(H,14,15). The highest BCUT2D eigenvalue weighted by Gasteiger charge is 2.23. The lowest BCUT2D eigenvalue weighted by molar-refractivity contribution is -0.132. The van der Waals surface area contributed by atoms with Gasteiger partial charge in [-0.1, -0.05) is 0 Å². The van der Waals surface area contributed by atoms with E-state index in [4.69, 9.17) is 15.3 Å². The number of carbonyl (C=O) groups is 2. The summed E-state index contributed by atoms with van der Waals surface area (Å²) in [5.41, 5.74) is -0.636. The zero-order valence-electron chi connectivity index (χ0n) is 8.09. The maximum absolute atomic E-state index is 10.7. The van der Waals surface area contributed by atoms with E-state index < -0.39 is 40.5 Å². The number of phenolic OH excluding ortho intramolecular Hbond substituents is 3. The number of phenols is 3. The second kappa shape index (κ2) is 3.97. The van der Waals surface area contributed by atoms with Gasteiger partial charge in [0.25, 0.3) is 0 Å². The monoisotopic (exact) mass is 228 g/mol. The van der Waals surface area contributed by atoms with Crippen molar-refractivity contribution < 1.29 is 34.8 Å². The Labute approximate surface area is 89.1 Å². The van der Waals surface area contributed by atoms with E-state index in [-0.39, 0.29) is 0 Å². The Morgan fingerprint density at radius 2 is 1.75 bits per heavy atom. The van der Waals surface area contributed by atoms with E-state index in [9.17, 15) is 14.7 Å². The van der Waals surface area contributed by atoms with E-state index in [1.165, 1.54) is 0 Å². The Bertz CT molecular complexity index is 463. The largest absolute Gasteiger partial charge is 0.504 e. The Kier molecular flexibility index (Phi) is 2.89. The van der Waals surface area contributed by atoms with Gasteiger partial charge in [-0.05, 0) is 0 Å². The lowest BCUT2D eigenvalue weighted by Crippen LogP contribution is -2.07. The van der Waals surface area contributed by atoms with E-state index in [1.807, 2.05) is 0 Å². The maximum Gasteiger partial charge on any atom is 0.339 e. The quantitative estimate of drug-likeness (QED) is 0.328. The summed E-state index contributed by atoms with van der Waals surface area (Å²) < 4.78 is 4.43. The number of carboxylic acid groups (broad SMARTS) is 1. The van der Waals surface area contributed by atoms with Crippen molar-refractivity contribution in [2.75, 3.05) is 0 Å². The van der Waals surface area contributed by atoms with Crippen molar-refractivity contribution in [3.05, 3.63) is 11.6 Å².